The molecule has 2 N–H and O–H groups in total. The van der Waals surface area contributed by atoms with Gasteiger partial charge < -0.3 is 10.4 Å². The number of rotatable bonds is 2. The van der Waals surface area contributed by atoms with Crippen LogP contribution in [0.15, 0.2) is 0 Å². The molecule has 1 aliphatic rings. The van der Waals surface area contributed by atoms with E-state index in [1.165, 1.54) is 0 Å². The van der Waals surface area contributed by atoms with Crippen molar-refractivity contribution in [3.05, 3.63) is 0 Å². The minimum absolute atomic E-state index is 0.0162. The molecular weight excluding hydrogens is 118 g/mol. The molecule has 0 radical (unpaired) electrons. The van der Waals surface area contributed by atoms with Gasteiger partial charge in [0.2, 0.25) is 6.41 Å². The van der Waals surface area contributed by atoms with Crippen LogP contribution >= 0.6 is 0 Å². The summed E-state index contributed by atoms with van der Waals surface area (Å²) in [5, 5.41) is 11.7. The lowest BCUT2D eigenvalue weighted by Gasteiger charge is -2.11. The first-order valence-electron chi connectivity index (χ1n) is 3.22. The Balaban J connectivity index is 2.30. The fourth-order valence-electron chi connectivity index (χ4n) is 1.22. The smallest absolute Gasteiger partial charge is 0.207 e. The fourth-order valence-corrected chi connectivity index (χ4v) is 1.22. The van der Waals surface area contributed by atoms with Crippen LogP contribution in [0.1, 0.15) is 19.3 Å². The van der Waals surface area contributed by atoms with Crippen LogP contribution in [0.4, 0.5) is 0 Å². The van der Waals surface area contributed by atoms with Crippen molar-refractivity contribution in [2.75, 3.05) is 0 Å². The number of aliphatic hydroxyl groups is 1. The van der Waals surface area contributed by atoms with Gasteiger partial charge in [-0.05, 0) is 19.3 Å². The normalized spacial score (nSPS) is 34.3. The second kappa shape index (κ2) is 2.82. The van der Waals surface area contributed by atoms with Crippen molar-refractivity contribution in [2.24, 2.45) is 0 Å². The molecule has 0 spiro atoms. The van der Waals surface area contributed by atoms with E-state index in [4.69, 9.17) is 5.11 Å². The van der Waals surface area contributed by atoms with Crippen LogP contribution in [0.5, 0.6) is 0 Å². The zero-order valence-corrected chi connectivity index (χ0v) is 5.21. The molecule has 1 fully saturated rings. The first kappa shape index (κ1) is 6.55. The average Bonchev–Trinajstić information content (AvgIpc) is 2.18. The Labute approximate surface area is 54.1 Å². The van der Waals surface area contributed by atoms with Crippen molar-refractivity contribution in [3.8, 4) is 0 Å². The Bertz CT molecular complexity index is 105. The van der Waals surface area contributed by atoms with Crippen molar-refractivity contribution >= 4 is 6.41 Å². The Kier molecular flexibility index (Phi) is 2.05. The monoisotopic (exact) mass is 129 g/mol. The standard InChI is InChI=1S/C6H11NO2/c8-4-7-5-2-1-3-6(5)9/h4-6,9H,1-3H2,(H,7,8)/t5-,6+/m1/s1. The zero-order valence-electron chi connectivity index (χ0n) is 5.21. The van der Waals surface area contributed by atoms with Gasteiger partial charge in [0.15, 0.2) is 0 Å². The molecule has 0 aliphatic heterocycles. The zero-order chi connectivity index (χ0) is 6.69. The molecule has 1 rings (SSSR count). The molecule has 0 bridgehead atoms. The third kappa shape index (κ3) is 1.42. The van der Waals surface area contributed by atoms with Gasteiger partial charge >= 0.3 is 0 Å². The topological polar surface area (TPSA) is 49.3 Å². The predicted molar refractivity (Wildman–Crippen MR) is 32.8 cm³/mol. The highest BCUT2D eigenvalue weighted by atomic mass is 16.3. The minimum Gasteiger partial charge on any atom is -0.391 e. The summed E-state index contributed by atoms with van der Waals surface area (Å²) >= 11 is 0. The van der Waals surface area contributed by atoms with Gasteiger partial charge in [-0.25, -0.2) is 0 Å². The van der Waals surface area contributed by atoms with Crippen LogP contribution in [-0.4, -0.2) is 23.7 Å². The Hall–Kier alpha value is -0.570. The average molecular weight is 129 g/mol. The minimum atomic E-state index is -0.310. The lowest BCUT2D eigenvalue weighted by molar-refractivity contribution is -0.110. The molecular formula is C6H11NO2. The molecule has 1 amide bonds. The molecule has 0 saturated heterocycles. The second-order valence-electron chi connectivity index (χ2n) is 2.39. The number of aliphatic hydroxyl groups excluding tert-OH is 1. The van der Waals surface area contributed by atoms with Gasteiger partial charge in [-0.3, -0.25) is 4.79 Å². The van der Waals surface area contributed by atoms with Gasteiger partial charge in [0.25, 0.3) is 0 Å². The molecule has 3 nitrogen and oxygen atoms in total. The summed E-state index contributed by atoms with van der Waals surface area (Å²) in [6.45, 7) is 0. The summed E-state index contributed by atoms with van der Waals surface area (Å²) in [7, 11) is 0. The maximum Gasteiger partial charge on any atom is 0.207 e. The van der Waals surface area contributed by atoms with E-state index in [-0.39, 0.29) is 12.1 Å². The largest absolute Gasteiger partial charge is 0.391 e. The number of hydrogen-bond donors (Lipinski definition) is 2. The number of carbonyl (C=O) groups excluding carboxylic acids is 1. The summed E-state index contributed by atoms with van der Waals surface area (Å²) < 4.78 is 0. The summed E-state index contributed by atoms with van der Waals surface area (Å²) in [6, 6.07) is 0.0162. The maximum atomic E-state index is 9.88. The molecule has 1 saturated carbocycles. The van der Waals surface area contributed by atoms with E-state index in [1.807, 2.05) is 0 Å². The SMILES string of the molecule is O=CN[C@@H]1CCC[C@@H]1O. The molecule has 0 heterocycles. The molecule has 3 heteroatoms. The van der Waals surface area contributed by atoms with Crippen LogP contribution in [0.3, 0.4) is 0 Å². The van der Waals surface area contributed by atoms with E-state index in [1.54, 1.807) is 0 Å². The van der Waals surface area contributed by atoms with Crippen molar-refractivity contribution in [1.82, 2.24) is 5.32 Å². The summed E-state index contributed by atoms with van der Waals surface area (Å²) in [4.78, 5) is 9.88. The molecule has 0 unspecified atom stereocenters. The highest BCUT2D eigenvalue weighted by molar-refractivity contribution is 5.46. The van der Waals surface area contributed by atoms with E-state index in [0.717, 1.165) is 19.3 Å². The third-order valence-corrected chi connectivity index (χ3v) is 1.76. The van der Waals surface area contributed by atoms with E-state index in [0.29, 0.717) is 6.41 Å². The highest BCUT2D eigenvalue weighted by Crippen LogP contribution is 2.17. The fraction of sp³-hybridized carbons (Fsp3) is 0.833. The van der Waals surface area contributed by atoms with Gasteiger partial charge in [0.1, 0.15) is 0 Å². The van der Waals surface area contributed by atoms with Crippen LogP contribution in [-0.2, 0) is 4.79 Å². The molecule has 0 aromatic heterocycles. The predicted octanol–water partition coefficient (Wildman–Crippen LogP) is -0.354. The van der Waals surface area contributed by atoms with E-state index >= 15 is 0 Å². The van der Waals surface area contributed by atoms with Crippen LogP contribution in [0.25, 0.3) is 0 Å². The number of carbonyl (C=O) groups is 1. The second-order valence-corrected chi connectivity index (χ2v) is 2.39. The lowest BCUT2D eigenvalue weighted by Crippen LogP contribution is -2.34. The maximum absolute atomic E-state index is 9.88. The van der Waals surface area contributed by atoms with Crippen molar-refractivity contribution in [3.63, 3.8) is 0 Å². The highest BCUT2D eigenvalue weighted by Gasteiger charge is 2.23. The van der Waals surface area contributed by atoms with Gasteiger partial charge in [0.05, 0.1) is 12.1 Å². The quantitative estimate of drug-likeness (QED) is 0.500. The summed E-state index contributed by atoms with van der Waals surface area (Å²) in [6.07, 6.45) is 3.10. The first-order valence-corrected chi connectivity index (χ1v) is 3.22. The van der Waals surface area contributed by atoms with Crippen LogP contribution in [0.2, 0.25) is 0 Å². The number of hydrogen-bond acceptors (Lipinski definition) is 2. The molecule has 2 atom stereocenters. The molecule has 1 aliphatic carbocycles. The molecule has 0 aromatic rings. The van der Waals surface area contributed by atoms with Gasteiger partial charge in [-0.1, -0.05) is 0 Å². The van der Waals surface area contributed by atoms with E-state index in [2.05, 4.69) is 5.32 Å². The number of nitrogens with one attached hydrogen (secondary N) is 1. The van der Waals surface area contributed by atoms with Crippen LogP contribution < -0.4 is 5.32 Å². The van der Waals surface area contributed by atoms with E-state index < -0.39 is 0 Å². The Morgan fingerprint density at radius 3 is 2.78 bits per heavy atom. The first-order chi connectivity index (χ1) is 4.34. The molecule has 0 aromatic carbocycles. The van der Waals surface area contributed by atoms with Crippen molar-refractivity contribution < 1.29 is 9.90 Å². The lowest BCUT2D eigenvalue weighted by atomic mass is 10.2. The van der Waals surface area contributed by atoms with Crippen molar-refractivity contribution in [1.29, 1.82) is 0 Å². The summed E-state index contributed by atoms with van der Waals surface area (Å²) in [5.74, 6) is 0. The number of amides is 1. The Morgan fingerprint density at radius 2 is 2.33 bits per heavy atom. The molecule has 52 valence electrons. The van der Waals surface area contributed by atoms with E-state index in [9.17, 15) is 4.79 Å². The third-order valence-electron chi connectivity index (χ3n) is 1.76. The molecule has 9 heavy (non-hydrogen) atoms. The van der Waals surface area contributed by atoms with Gasteiger partial charge in [0, 0.05) is 0 Å². The van der Waals surface area contributed by atoms with Gasteiger partial charge in [-0.2, -0.15) is 0 Å². The summed E-state index contributed by atoms with van der Waals surface area (Å²) in [5.41, 5.74) is 0. The van der Waals surface area contributed by atoms with Crippen LogP contribution in [0, 0.1) is 0 Å². The Morgan fingerprint density at radius 1 is 1.56 bits per heavy atom. The van der Waals surface area contributed by atoms with Crippen molar-refractivity contribution in [2.45, 2.75) is 31.4 Å². The van der Waals surface area contributed by atoms with Gasteiger partial charge in [-0.15, -0.1) is 0 Å².